The van der Waals surface area contributed by atoms with E-state index in [2.05, 4.69) is 20.9 Å². The van der Waals surface area contributed by atoms with Gasteiger partial charge in [0.05, 0.1) is 12.4 Å². The van der Waals surface area contributed by atoms with Crippen LogP contribution in [0.1, 0.15) is 63.9 Å². The van der Waals surface area contributed by atoms with E-state index in [0.29, 0.717) is 35.1 Å². The molecule has 2 N–H and O–H groups in total. The fourth-order valence-corrected chi connectivity index (χ4v) is 5.11. The van der Waals surface area contributed by atoms with E-state index in [0.717, 1.165) is 28.8 Å². The van der Waals surface area contributed by atoms with Crippen molar-refractivity contribution in [3.05, 3.63) is 120 Å². The Kier molecular flexibility index (Phi) is 10.1. The van der Waals surface area contributed by atoms with Crippen LogP contribution in [0, 0.1) is 12.8 Å². The highest BCUT2D eigenvalue weighted by atomic mass is 16.5. The van der Waals surface area contributed by atoms with Crippen molar-refractivity contribution in [3.63, 3.8) is 0 Å². The lowest BCUT2D eigenvalue weighted by atomic mass is 9.89. The lowest BCUT2D eigenvalue weighted by Gasteiger charge is -2.21. The van der Waals surface area contributed by atoms with Crippen LogP contribution in [-0.4, -0.2) is 28.7 Å². The van der Waals surface area contributed by atoms with E-state index >= 15 is 0 Å². The zero-order valence-electron chi connectivity index (χ0n) is 24.3. The quantitative estimate of drug-likeness (QED) is 0.202. The normalized spacial score (nSPS) is 13.0. The number of nitrogens with zero attached hydrogens (tertiary/aromatic N) is 2. The van der Waals surface area contributed by atoms with Gasteiger partial charge in [0.1, 0.15) is 11.1 Å². The fraction of sp³-hybridized carbons (Fsp3) is 0.257. The van der Waals surface area contributed by atoms with Crippen molar-refractivity contribution in [1.82, 2.24) is 20.9 Å². The van der Waals surface area contributed by atoms with E-state index in [1.165, 1.54) is 44.5 Å². The third-order valence-corrected chi connectivity index (χ3v) is 7.55. The van der Waals surface area contributed by atoms with E-state index in [9.17, 15) is 9.59 Å². The molecule has 0 spiro atoms. The second kappa shape index (κ2) is 14.8. The highest BCUT2D eigenvalue weighted by Gasteiger charge is 2.20. The number of hydrogen-bond acceptors (Lipinski definition) is 6. The van der Waals surface area contributed by atoms with Crippen LogP contribution in [0.15, 0.2) is 106 Å². The molecule has 5 aromatic rings. The molecular weight excluding hydrogens is 540 g/mol. The molecule has 8 heteroatoms. The Hall–Kier alpha value is -4.98. The first-order valence-corrected chi connectivity index (χ1v) is 14.7. The van der Waals surface area contributed by atoms with Gasteiger partial charge in [-0.15, -0.1) is 0 Å². The molecule has 3 aromatic carbocycles. The SMILES string of the molecule is Cc1ccc(-c2oncc2C(=O)NCc2ccccc2)cc1.O=C(NCC1CCCCC1)c1cnoc1-c1ccccc1. The average Bonchev–Trinajstić information content (AvgIpc) is 3.76. The largest absolute Gasteiger partial charge is 0.355 e. The molecule has 1 fully saturated rings. The van der Waals surface area contributed by atoms with Crippen molar-refractivity contribution in [2.24, 2.45) is 5.92 Å². The molecular formula is C35H36N4O4. The van der Waals surface area contributed by atoms with E-state index in [1.54, 1.807) is 0 Å². The molecule has 6 rings (SSSR count). The van der Waals surface area contributed by atoms with Gasteiger partial charge in [-0.1, -0.05) is 120 Å². The molecule has 1 saturated carbocycles. The summed E-state index contributed by atoms with van der Waals surface area (Å²) in [5, 5.41) is 13.4. The zero-order chi connectivity index (χ0) is 29.9. The molecule has 220 valence electrons. The van der Waals surface area contributed by atoms with E-state index in [-0.39, 0.29) is 11.8 Å². The van der Waals surface area contributed by atoms with E-state index in [1.807, 2.05) is 91.9 Å². The summed E-state index contributed by atoms with van der Waals surface area (Å²) in [7, 11) is 0. The molecule has 0 radical (unpaired) electrons. The van der Waals surface area contributed by atoms with Gasteiger partial charge in [0.2, 0.25) is 0 Å². The van der Waals surface area contributed by atoms with Gasteiger partial charge in [-0.05, 0) is 31.2 Å². The first-order chi connectivity index (χ1) is 21.1. The topological polar surface area (TPSA) is 110 Å². The molecule has 2 aromatic heterocycles. The standard InChI is InChI=1S/C18H16N2O2.C17H20N2O2/c1-13-7-9-15(10-8-13)17-16(12-20-22-17)18(21)19-11-14-5-3-2-4-6-14;20-17(18-11-13-7-3-1-4-8-13)15-12-19-21-16(15)14-9-5-2-6-10-14/h2-10,12H,11H2,1H3,(H,19,21);2,5-6,9-10,12-13H,1,3-4,7-8,11H2,(H,18,20). The zero-order valence-corrected chi connectivity index (χ0v) is 24.3. The second-order valence-corrected chi connectivity index (χ2v) is 10.8. The molecule has 0 bridgehead atoms. The maximum atomic E-state index is 12.3. The van der Waals surface area contributed by atoms with Crippen molar-refractivity contribution in [2.75, 3.05) is 6.54 Å². The van der Waals surface area contributed by atoms with Crippen LogP contribution in [-0.2, 0) is 6.54 Å². The minimum atomic E-state index is -0.194. The summed E-state index contributed by atoms with van der Waals surface area (Å²) in [5.41, 5.74) is 4.87. The Morgan fingerprint density at radius 3 is 1.84 bits per heavy atom. The lowest BCUT2D eigenvalue weighted by Crippen LogP contribution is -2.30. The number of amides is 2. The number of nitrogens with one attached hydrogen (secondary N) is 2. The molecule has 2 heterocycles. The van der Waals surface area contributed by atoms with Crippen molar-refractivity contribution >= 4 is 11.8 Å². The summed E-state index contributed by atoms with van der Waals surface area (Å²) in [6.45, 7) is 3.23. The first kappa shape index (κ1) is 29.5. The van der Waals surface area contributed by atoms with Gasteiger partial charge in [0.25, 0.3) is 11.8 Å². The van der Waals surface area contributed by atoms with E-state index in [4.69, 9.17) is 9.05 Å². The van der Waals surface area contributed by atoms with Gasteiger partial charge in [0.15, 0.2) is 11.5 Å². The molecule has 0 atom stereocenters. The van der Waals surface area contributed by atoms with Gasteiger partial charge in [-0.2, -0.15) is 0 Å². The van der Waals surface area contributed by atoms with Gasteiger partial charge in [-0.3, -0.25) is 9.59 Å². The van der Waals surface area contributed by atoms with Gasteiger partial charge in [0, 0.05) is 24.2 Å². The molecule has 0 aliphatic heterocycles. The number of benzene rings is 3. The van der Waals surface area contributed by atoms with Crippen molar-refractivity contribution in [3.8, 4) is 22.6 Å². The highest BCUT2D eigenvalue weighted by molar-refractivity contribution is 5.99. The number of rotatable bonds is 8. The Morgan fingerprint density at radius 2 is 1.23 bits per heavy atom. The molecule has 8 nitrogen and oxygen atoms in total. The van der Waals surface area contributed by atoms with Crippen LogP contribution >= 0.6 is 0 Å². The van der Waals surface area contributed by atoms with Crippen LogP contribution in [0.2, 0.25) is 0 Å². The third kappa shape index (κ3) is 8.07. The van der Waals surface area contributed by atoms with Crippen LogP contribution in [0.3, 0.4) is 0 Å². The highest BCUT2D eigenvalue weighted by Crippen LogP contribution is 2.26. The predicted molar refractivity (Wildman–Crippen MR) is 165 cm³/mol. The number of carbonyl (C=O) groups is 2. The van der Waals surface area contributed by atoms with Gasteiger partial charge < -0.3 is 19.7 Å². The molecule has 1 aliphatic rings. The van der Waals surface area contributed by atoms with Crippen LogP contribution in [0.25, 0.3) is 22.6 Å². The Balaban J connectivity index is 0.000000171. The number of aryl methyl sites for hydroxylation is 1. The Bertz CT molecular complexity index is 1590. The third-order valence-electron chi connectivity index (χ3n) is 7.55. The summed E-state index contributed by atoms with van der Waals surface area (Å²) in [6.07, 6.45) is 9.28. The average molecular weight is 577 g/mol. The second-order valence-electron chi connectivity index (χ2n) is 10.8. The first-order valence-electron chi connectivity index (χ1n) is 14.7. The predicted octanol–water partition coefficient (Wildman–Crippen LogP) is 7.23. The Morgan fingerprint density at radius 1 is 0.698 bits per heavy atom. The smallest absolute Gasteiger partial charge is 0.257 e. The number of aromatic nitrogens is 2. The summed E-state index contributed by atoms with van der Waals surface area (Å²) in [5.74, 6) is 1.35. The van der Waals surface area contributed by atoms with E-state index < -0.39 is 0 Å². The van der Waals surface area contributed by atoms with Crippen molar-refractivity contribution < 1.29 is 18.6 Å². The number of hydrogen-bond donors (Lipinski definition) is 2. The molecule has 0 saturated heterocycles. The molecule has 2 amide bonds. The summed E-state index contributed by atoms with van der Waals surface area (Å²) in [6, 6.07) is 27.2. The van der Waals surface area contributed by atoms with Crippen LogP contribution in [0.5, 0.6) is 0 Å². The summed E-state index contributed by atoms with van der Waals surface area (Å²) in [4.78, 5) is 24.7. The Labute approximate surface area is 251 Å². The van der Waals surface area contributed by atoms with Crippen LogP contribution < -0.4 is 10.6 Å². The maximum Gasteiger partial charge on any atom is 0.257 e. The molecule has 0 unspecified atom stereocenters. The summed E-state index contributed by atoms with van der Waals surface area (Å²) < 4.78 is 10.5. The molecule has 1 aliphatic carbocycles. The fourth-order valence-electron chi connectivity index (χ4n) is 5.11. The molecule has 43 heavy (non-hydrogen) atoms. The van der Waals surface area contributed by atoms with Gasteiger partial charge >= 0.3 is 0 Å². The maximum absolute atomic E-state index is 12.3. The van der Waals surface area contributed by atoms with Crippen molar-refractivity contribution in [1.29, 1.82) is 0 Å². The lowest BCUT2D eigenvalue weighted by molar-refractivity contribution is 0.0938. The van der Waals surface area contributed by atoms with Gasteiger partial charge in [-0.25, -0.2) is 0 Å². The monoisotopic (exact) mass is 576 g/mol. The summed E-state index contributed by atoms with van der Waals surface area (Å²) >= 11 is 0. The minimum Gasteiger partial charge on any atom is -0.355 e. The van der Waals surface area contributed by atoms with Crippen LogP contribution in [0.4, 0.5) is 0 Å². The van der Waals surface area contributed by atoms with Crippen molar-refractivity contribution in [2.45, 2.75) is 45.6 Å². The minimum absolute atomic E-state index is 0.0966. The number of carbonyl (C=O) groups excluding carboxylic acids is 2.